The van der Waals surface area contributed by atoms with Crippen molar-refractivity contribution < 1.29 is 21.6 Å². The molecule has 0 unspecified atom stereocenters. The van der Waals surface area contributed by atoms with E-state index in [4.69, 9.17) is 46.4 Å². The predicted octanol–water partition coefficient (Wildman–Crippen LogP) is 8.88. The van der Waals surface area contributed by atoms with E-state index in [-0.39, 0.29) is 36.2 Å². The summed E-state index contributed by atoms with van der Waals surface area (Å²) in [4.78, 5) is 4.41. The van der Waals surface area contributed by atoms with Gasteiger partial charge in [-0.05, 0) is 48.5 Å². The summed E-state index contributed by atoms with van der Waals surface area (Å²) in [6.07, 6.45) is -4.48. The number of nitrogens with zero attached hydrogens (tertiary/aromatic N) is 1. The lowest BCUT2D eigenvalue weighted by atomic mass is 10.2. The third kappa shape index (κ3) is 5.53. The number of sulfonamides is 1. The summed E-state index contributed by atoms with van der Waals surface area (Å²) >= 11 is 26.7. The van der Waals surface area contributed by atoms with Crippen LogP contribution in [0.3, 0.4) is 0 Å². The maximum atomic E-state index is 13.0. The molecule has 0 saturated heterocycles. The van der Waals surface area contributed by atoms with E-state index < -0.39 is 21.8 Å². The quantitative estimate of drug-likeness (QED) is 0.247. The number of thiazole rings is 1. The first-order valence-corrected chi connectivity index (χ1v) is 13.6. The fourth-order valence-corrected chi connectivity index (χ4v) is 7.36. The number of alkyl halides is 3. The molecule has 1 N–H and O–H groups in total. The smallest absolute Gasteiger partial charge is 0.279 e. The minimum atomic E-state index is -4.48. The normalized spacial score (nSPS) is 12.3. The molecule has 1 aromatic heterocycles. The number of hydrogen-bond donors (Lipinski definition) is 1. The first kappa shape index (κ1) is 25.7. The number of aromatic nitrogens is 1. The Morgan fingerprint density at radius 1 is 0.912 bits per heavy atom. The zero-order valence-corrected chi connectivity index (χ0v) is 21.7. The third-order valence-corrected chi connectivity index (χ3v) is 9.48. The molecule has 0 fully saturated rings. The van der Waals surface area contributed by atoms with Crippen molar-refractivity contribution in [3.8, 4) is 0 Å². The van der Waals surface area contributed by atoms with Crippen LogP contribution in [0.25, 0.3) is 10.2 Å². The van der Waals surface area contributed by atoms with E-state index in [9.17, 15) is 21.6 Å². The lowest BCUT2D eigenvalue weighted by Gasteiger charge is -2.12. The maximum Gasteiger partial charge on any atom is 0.416 e. The number of fused-ring (bicyclic) bond motifs is 1. The van der Waals surface area contributed by atoms with Crippen LogP contribution in [0.5, 0.6) is 0 Å². The van der Waals surface area contributed by atoms with Gasteiger partial charge < -0.3 is 0 Å². The van der Waals surface area contributed by atoms with Gasteiger partial charge in [0.2, 0.25) is 0 Å². The van der Waals surface area contributed by atoms with Gasteiger partial charge in [-0.2, -0.15) is 13.2 Å². The van der Waals surface area contributed by atoms with Crippen LogP contribution < -0.4 is 4.72 Å². The fourth-order valence-electron chi connectivity index (χ4n) is 2.83. The molecule has 0 amide bonds. The Morgan fingerprint density at radius 3 is 2.21 bits per heavy atom. The average molecular weight is 604 g/mol. The molecular formula is C20H9Cl4F3N2O2S3. The van der Waals surface area contributed by atoms with Crippen LogP contribution >= 0.6 is 69.5 Å². The van der Waals surface area contributed by atoms with E-state index >= 15 is 0 Å². The monoisotopic (exact) mass is 602 g/mol. The zero-order chi connectivity index (χ0) is 24.8. The molecule has 0 saturated carbocycles. The summed E-state index contributed by atoms with van der Waals surface area (Å²) in [5.74, 6) is 0. The fraction of sp³-hybridized carbons (Fsp3) is 0.0500. The van der Waals surface area contributed by atoms with Crippen molar-refractivity contribution in [2.45, 2.75) is 20.3 Å². The van der Waals surface area contributed by atoms with Gasteiger partial charge in [0.05, 0.1) is 41.4 Å². The Balaban J connectivity index is 1.61. The molecule has 0 spiro atoms. The van der Waals surface area contributed by atoms with Crippen molar-refractivity contribution in [2.24, 2.45) is 0 Å². The second kappa shape index (κ2) is 9.57. The lowest BCUT2D eigenvalue weighted by molar-refractivity contribution is -0.137. The Kier molecular flexibility index (Phi) is 7.23. The van der Waals surface area contributed by atoms with Gasteiger partial charge in [0.25, 0.3) is 10.0 Å². The molecule has 0 radical (unpaired) electrons. The largest absolute Gasteiger partial charge is 0.416 e. The van der Waals surface area contributed by atoms with E-state index in [0.717, 1.165) is 23.9 Å². The highest BCUT2D eigenvalue weighted by molar-refractivity contribution is 8.01. The van der Waals surface area contributed by atoms with E-state index in [2.05, 4.69) is 9.71 Å². The summed E-state index contributed by atoms with van der Waals surface area (Å²) in [7, 11) is -4.07. The summed E-state index contributed by atoms with van der Waals surface area (Å²) in [6, 6.07) is 9.96. The van der Waals surface area contributed by atoms with Gasteiger partial charge in [-0.25, -0.2) is 13.4 Å². The van der Waals surface area contributed by atoms with Gasteiger partial charge in [0.15, 0.2) is 4.34 Å². The number of benzene rings is 3. The van der Waals surface area contributed by atoms with Gasteiger partial charge >= 0.3 is 6.18 Å². The van der Waals surface area contributed by atoms with E-state index in [0.29, 0.717) is 13.9 Å². The topological polar surface area (TPSA) is 59.1 Å². The summed E-state index contributed by atoms with van der Waals surface area (Å²) < 4.78 is 67.6. The third-order valence-electron chi connectivity index (χ3n) is 4.32. The second-order valence-electron chi connectivity index (χ2n) is 6.71. The molecule has 178 valence electrons. The highest BCUT2D eigenvalue weighted by Crippen LogP contribution is 2.44. The molecule has 0 aliphatic heterocycles. The number of rotatable bonds is 5. The van der Waals surface area contributed by atoms with Gasteiger partial charge in [-0.15, -0.1) is 11.3 Å². The Bertz CT molecular complexity index is 1500. The van der Waals surface area contributed by atoms with Crippen LogP contribution in [0.4, 0.5) is 18.9 Å². The maximum absolute atomic E-state index is 13.0. The molecule has 0 bridgehead atoms. The van der Waals surface area contributed by atoms with Gasteiger partial charge in [0.1, 0.15) is 4.90 Å². The minimum Gasteiger partial charge on any atom is -0.279 e. The standard InChI is InChI=1S/C20H9Cl4F3N2O2S3/c21-10-2-4-17(12(22)6-10)34(30,31)29-11-7-13(23)18(14(24)8-11)33-19-28-15-5-9(20(25,26)27)1-3-16(15)32-19/h1-8,29H. The van der Waals surface area contributed by atoms with Crippen molar-refractivity contribution >= 4 is 95.4 Å². The molecule has 0 aliphatic carbocycles. The molecule has 0 aliphatic rings. The minimum absolute atomic E-state index is 0.0612. The number of anilines is 1. The molecule has 34 heavy (non-hydrogen) atoms. The number of halogens is 7. The molecular weight excluding hydrogens is 595 g/mol. The van der Waals surface area contributed by atoms with Gasteiger partial charge in [0, 0.05) is 5.02 Å². The van der Waals surface area contributed by atoms with Crippen LogP contribution in [-0.2, 0) is 16.2 Å². The van der Waals surface area contributed by atoms with Crippen LogP contribution in [0.15, 0.2) is 62.7 Å². The molecule has 4 rings (SSSR count). The average Bonchev–Trinajstić information content (AvgIpc) is 3.11. The number of nitrogens with one attached hydrogen (secondary N) is 1. The Hall–Kier alpha value is -1.40. The van der Waals surface area contributed by atoms with Crippen molar-refractivity contribution in [1.29, 1.82) is 0 Å². The van der Waals surface area contributed by atoms with Crippen molar-refractivity contribution in [1.82, 2.24) is 4.98 Å². The molecule has 14 heteroatoms. The Morgan fingerprint density at radius 2 is 1.59 bits per heavy atom. The lowest BCUT2D eigenvalue weighted by Crippen LogP contribution is -2.13. The van der Waals surface area contributed by atoms with Crippen LogP contribution in [0, 0.1) is 0 Å². The van der Waals surface area contributed by atoms with Gasteiger partial charge in [-0.3, -0.25) is 4.72 Å². The summed E-state index contributed by atoms with van der Waals surface area (Å²) in [5.41, 5.74) is -0.515. The van der Waals surface area contributed by atoms with Crippen LogP contribution in [-0.4, -0.2) is 13.4 Å². The first-order valence-electron chi connectivity index (χ1n) is 8.96. The molecule has 4 nitrogen and oxygen atoms in total. The summed E-state index contributed by atoms with van der Waals surface area (Å²) in [6.45, 7) is 0. The SMILES string of the molecule is O=S(=O)(Nc1cc(Cl)c(Sc2nc3cc(C(F)(F)F)ccc3s2)c(Cl)c1)c1ccc(Cl)cc1Cl. The zero-order valence-electron chi connectivity index (χ0n) is 16.3. The van der Waals surface area contributed by atoms with Crippen molar-refractivity contribution in [2.75, 3.05) is 4.72 Å². The van der Waals surface area contributed by atoms with E-state index in [1.165, 1.54) is 47.7 Å². The molecule has 0 atom stereocenters. The molecule has 1 heterocycles. The van der Waals surface area contributed by atoms with Crippen LogP contribution in [0.1, 0.15) is 5.56 Å². The molecule has 3 aromatic carbocycles. The first-order chi connectivity index (χ1) is 15.8. The van der Waals surface area contributed by atoms with E-state index in [1.54, 1.807) is 0 Å². The van der Waals surface area contributed by atoms with E-state index in [1.807, 2.05) is 0 Å². The number of hydrogen-bond acceptors (Lipinski definition) is 5. The highest BCUT2D eigenvalue weighted by atomic mass is 35.5. The van der Waals surface area contributed by atoms with Crippen molar-refractivity contribution in [3.05, 3.63) is 74.2 Å². The van der Waals surface area contributed by atoms with Crippen LogP contribution in [0.2, 0.25) is 20.1 Å². The Labute approximate surface area is 220 Å². The summed E-state index contributed by atoms with van der Waals surface area (Å²) in [5, 5.41) is 0.454. The predicted molar refractivity (Wildman–Crippen MR) is 132 cm³/mol. The highest BCUT2D eigenvalue weighted by Gasteiger charge is 2.31. The van der Waals surface area contributed by atoms with Gasteiger partial charge in [-0.1, -0.05) is 58.2 Å². The van der Waals surface area contributed by atoms with Crippen molar-refractivity contribution in [3.63, 3.8) is 0 Å². The second-order valence-corrected chi connectivity index (χ2v) is 12.3. The molecule has 4 aromatic rings.